The van der Waals surface area contributed by atoms with E-state index in [4.69, 9.17) is 5.11 Å². The molecule has 1 unspecified atom stereocenters. The molecule has 0 saturated carbocycles. The first kappa shape index (κ1) is 14.1. The highest BCUT2D eigenvalue weighted by Crippen LogP contribution is 2.04. The third-order valence-corrected chi connectivity index (χ3v) is 2.47. The standard InChI is InChI=1S/C12H12F2N4O2/c13-11(14)10(19)7-15-12(20)9-6-16-18(17-9)8-4-2-1-3-5-8/h1-6,10-11,19H,7H2,(H,15,20). The lowest BCUT2D eigenvalue weighted by Gasteiger charge is -2.09. The Balaban J connectivity index is 2.00. The molecule has 6 nitrogen and oxygen atoms in total. The van der Waals surface area contributed by atoms with E-state index in [1.807, 2.05) is 6.07 Å². The van der Waals surface area contributed by atoms with Gasteiger partial charge in [0, 0.05) is 6.54 Å². The summed E-state index contributed by atoms with van der Waals surface area (Å²) in [6.45, 7) is -0.547. The van der Waals surface area contributed by atoms with Crippen LogP contribution in [0.1, 0.15) is 10.5 Å². The van der Waals surface area contributed by atoms with E-state index in [2.05, 4.69) is 15.5 Å². The average molecular weight is 282 g/mol. The number of hydrogen-bond donors (Lipinski definition) is 2. The van der Waals surface area contributed by atoms with Crippen LogP contribution in [0.5, 0.6) is 0 Å². The number of halogens is 2. The molecule has 1 aromatic heterocycles. The molecule has 1 aromatic carbocycles. The Morgan fingerprint density at radius 2 is 2.05 bits per heavy atom. The molecule has 2 rings (SSSR count). The summed E-state index contributed by atoms with van der Waals surface area (Å²) in [6, 6.07) is 8.91. The Hall–Kier alpha value is -2.35. The number of aromatic nitrogens is 3. The molecule has 0 aliphatic rings. The molecule has 0 bridgehead atoms. The van der Waals surface area contributed by atoms with Crippen LogP contribution in [0, 0.1) is 0 Å². The zero-order valence-electron chi connectivity index (χ0n) is 10.3. The smallest absolute Gasteiger partial charge is 0.273 e. The maximum absolute atomic E-state index is 12.1. The number of aliphatic hydroxyl groups is 1. The summed E-state index contributed by atoms with van der Waals surface area (Å²) in [6.07, 6.45) is -3.59. The normalized spacial score (nSPS) is 12.4. The highest BCUT2D eigenvalue weighted by Gasteiger charge is 2.19. The van der Waals surface area contributed by atoms with Gasteiger partial charge in [-0.1, -0.05) is 18.2 Å². The SMILES string of the molecule is O=C(NCC(O)C(F)F)c1cnn(-c2ccccc2)n1. The Morgan fingerprint density at radius 3 is 2.70 bits per heavy atom. The minimum atomic E-state index is -2.91. The van der Waals surface area contributed by atoms with Gasteiger partial charge >= 0.3 is 0 Å². The van der Waals surface area contributed by atoms with Crippen LogP contribution in [0.15, 0.2) is 36.5 Å². The van der Waals surface area contributed by atoms with Crippen molar-refractivity contribution in [2.45, 2.75) is 12.5 Å². The predicted molar refractivity (Wildman–Crippen MR) is 65.7 cm³/mol. The van der Waals surface area contributed by atoms with Crippen LogP contribution in [0.2, 0.25) is 0 Å². The fourth-order valence-electron chi connectivity index (χ4n) is 1.43. The zero-order chi connectivity index (χ0) is 14.5. The van der Waals surface area contributed by atoms with Crippen molar-refractivity contribution in [1.29, 1.82) is 0 Å². The minimum Gasteiger partial charge on any atom is -0.385 e. The van der Waals surface area contributed by atoms with Crippen molar-refractivity contribution in [3.63, 3.8) is 0 Å². The third-order valence-electron chi connectivity index (χ3n) is 2.47. The van der Waals surface area contributed by atoms with Gasteiger partial charge in [-0.2, -0.15) is 9.90 Å². The second-order valence-electron chi connectivity index (χ2n) is 3.97. The van der Waals surface area contributed by atoms with Gasteiger partial charge < -0.3 is 10.4 Å². The van der Waals surface area contributed by atoms with E-state index in [1.165, 1.54) is 11.0 Å². The maximum atomic E-state index is 12.1. The summed E-state index contributed by atoms with van der Waals surface area (Å²) in [5.74, 6) is -0.674. The Morgan fingerprint density at radius 1 is 1.35 bits per heavy atom. The molecule has 1 heterocycles. The molecule has 0 fully saturated rings. The van der Waals surface area contributed by atoms with Gasteiger partial charge in [0.05, 0.1) is 11.9 Å². The first-order chi connectivity index (χ1) is 9.58. The fraction of sp³-hybridized carbons (Fsp3) is 0.250. The number of carbonyl (C=O) groups is 1. The average Bonchev–Trinajstić information content (AvgIpc) is 2.95. The minimum absolute atomic E-state index is 0.0182. The van der Waals surface area contributed by atoms with E-state index in [0.717, 1.165) is 0 Å². The predicted octanol–water partition coefficient (Wildman–Crippen LogP) is 0.623. The lowest BCUT2D eigenvalue weighted by Crippen LogP contribution is -2.36. The van der Waals surface area contributed by atoms with E-state index in [9.17, 15) is 13.6 Å². The van der Waals surface area contributed by atoms with Crippen molar-refractivity contribution in [3.05, 3.63) is 42.2 Å². The van der Waals surface area contributed by atoms with Gasteiger partial charge in [-0.3, -0.25) is 4.79 Å². The van der Waals surface area contributed by atoms with Crippen molar-refractivity contribution >= 4 is 5.91 Å². The molecule has 2 aromatic rings. The highest BCUT2D eigenvalue weighted by molar-refractivity contribution is 5.91. The van der Waals surface area contributed by atoms with Crippen LogP contribution in [0.4, 0.5) is 8.78 Å². The number of carbonyl (C=O) groups excluding carboxylic acids is 1. The topological polar surface area (TPSA) is 80.0 Å². The number of nitrogens with zero attached hydrogens (tertiary/aromatic N) is 3. The molecule has 0 saturated heterocycles. The van der Waals surface area contributed by atoms with Gasteiger partial charge in [0.25, 0.3) is 12.3 Å². The van der Waals surface area contributed by atoms with Crippen LogP contribution in [-0.2, 0) is 0 Å². The molecule has 1 atom stereocenters. The summed E-state index contributed by atoms with van der Waals surface area (Å²) in [5.41, 5.74) is 0.648. The summed E-state index contributed by atoms with van der Waals surface area (Å²) < 4.78 is 24.1. The molecular formula is C12H12F2N4O2. The van der Waals surface area contributed by atoms with Gasteiger partial charge in [0.1, 0.15) is 6.10 Å². The van der Waals surface area contributed by atoms with Crippen molar-refractivity contribution in [3.8, 4) is 5.69 Å². The molecule has 106 valence electrons. The molecule has 2 N–H and O–H groups in total. The molecule has 0 radical (unpaired) electrons. The highest BCUT2D eigenvalue weighted by atomic mass is 19.3. The number of rotatable bonds is 5. The monoisotopic (exact) mass is 282 g/mol. The van der Waals surface area contributed by atoms with Crippen molar-refractivity contribution in [2.75, 3.05) is 6.54 Å². The quantitative estimate of drug-likeness (QED) is 0.842. The van der Waals surface area contributed by atoms with E-state index >= 15 is 0 Å². The molecule has 1 amide bonds. The summed E-state index contributed by atoms with van der Waals surface area (Å²) in [5, 5.41) is 18.9. The number of benzene rings is 1. The molecule has 8 heteroatoms. The second-order valence-corrected chi connectivity index (χ2v) is 3.97. The molecule has 0 aliphatic carbocycles. The van der Waals surface area contributed by atoms with Crippen LogP contribution in [0.3, 0.4) is 0 Å². The van der Waals surface area contributed by atoms with Crippen LogP contribution < -0.4 is 5.32 Å². The van der Waals surface area contributed by atoms with Crippen LogP contribution in [-0.4, -0.2) is 45.1 Å². The van der Waals surface area contributed by atoms with Crippen LogP contribution in [0.25, 0.3) is 5.69 Å². The lowest BCUT2D eigenvalue weighted by molar-refractivity contribution is -0.00273. The van der Waals surface area contributed by atoms with Gasteiger partial charge in [0.2, 0.25) is 0 Å². The van der Waals surface area contributed by atoms with Crippen molar-refractivity contribution < 1.29 is 18.7 Å². The number of para-hydroxylation sites is 1. The number of nitrogens with one attached hydrogen (secondary N) is 1. The first-order valence-corrected chi connectivity index (χ1v) is 5.80. The number of aliphatic hydroxyl groups excluding tert-OH is 1. The van der Waals surface area contributed by atoms with Gasteiger partial charge in [0.15, 0.2) is 5.69 Å². The summed E-state index contributed by atoms with van der Waals surface area (Å²) >= 11 is 0. The van der Waals surface area contributed by atoms with Gasteiger partial charge in [-0.05, 0) is 12.1 Å². The van der Waals surface area contributed by atoms with Crippen molar-refractivity contribution in [1.82, 2.24) is 20.3 Å². The van der Waals surface area contributed by atoms with Gasteiger partial charge in [-0.15, -0.1) is 5.10 Å². The first-order valence-electron chi connectivity index (χ1n) is 5.80. The number of alkyl halides is 2. The van der Waals surface area contributed by atoms with Gasteiger partial charge in [-0.25, -0.2) is 8.78 Å². The Labute approximate surface area is 113 Å². The van der Waals surface area contributed by atoms with Crippen LogP contribution >= 0.6 is 0 Å². The largest absolute Gasteiger partial charge is 0.385 e. The van der Waals surface area contributed by atoms with E-state index in [0.29, 0.717) is 5.69 Å². The van der Waals surface area contributed by atoms with E-state index < -0.39 is 25.0 Å². The van der Waals surface area contributed by atoms with E-state index in [-0.39, 0.29) is 5.69 Å². The number of hydrogen-bond acceptors (Lipinski definition) is 4. The molecular weight excluding hydrogens is 270 g/mol. The maximum Gasteiger partial charge on any atom is 0.273 e. The summed E-state index contributed by atoms with van der Waals surface area (Å²) in [4.78, 5) is 12.9. The molecule has 20 heavy (non-hydrogen) atoms. The van der Waals surface area contributed by atoms with E-state index in [1.54, 1.807) is 24.3 Å². The lowest BCUT2D eigenvalue weighted by atomic mass is 10.3. The number of amides is 1. The zero-order valence-corrected chi connectivity index (χ0v) is 10.3. The fourth-order valence-corrected chi connectivity index (χ4v) is 1.43. The Kier molecular flexibility index (Phi) is 4.36. The molecule has 0 aliphatic heterocycles. The molecule has 0 spiro atoms. The summed E-state index contributed by atoms with van der Waals surface area (Å²) in [7, 11) is 0. The second kappa shape index (κ2) is 6.20. The third kappa shape index (κ3) is 3.35. The Bertz CT molecular complexity index is 574. The van der Waals surface area contributed by atoms with Crippen molar-refractivity contribution in [2.24, 2.45) is 0 Å².